The second-order valence-electron chi connectivity index (χ2n) is 6.83. The van der Waals surface area contributed by atoms with E-state index in [2.05, 4.69) is 50.2 Å². The Bertz CT molecular complexity index is 307. The topological polar surface area (TPSA) is 39.7 Å². The van der Waals surface area contributed by atoms with Gasteiger partial charge in [0.25, 0.3) is 0 Å². The summed E-state index contributed by atoms with van der Waals surface area (Å²) in [5.41, 5.74) is 0. The number of aliphatic imine (C=N–C) groups is 1. The number of hydrogen-bond acceptors (Lipinski definition) is 2. The highest BCUT2D eigenvalue weighted by molar-refractivity contribution is 14.0. The van der Waals surface area contributed by atoms with E-state index in [1.165, 1.54) is 32.5 Å². The van der Waals surface area contributed by atoms with Crippen molar-refractivity contribution < 1.29 is 0 Å². The number of halogens is 1. The molecule has 2 unspecified atom stereocenters. The molecule has 1 fully saturated rings. The molecule has 1 heterocycles. The van der Waals surface area contributed by atoms with Crippen LogP contribution in [0.4, 0.5) is 0 Å². The average Bonchev–Trinajstić information content (AvgIpc) is 2.44. The van der Waals surface area contributed by atoms with Crippen molar-refractivity contribution in [3.05, 3.63) is 0 Å². The molecule has 1 rings (SSSR count). The minimum Gasteiger partial charge on any atom is -0.357 e. The average molecular weight is 424 g/mol. The van der Waals surface area contributed by atoms with Crippen LogP contribution in [0.3, 0.4) is 0 Å². The van der Waals surface area contributed by atoms with E-state index < -0.39 is 0 Å². The van der Waals surface area contributed by atoms with Gasteiger partial charge in [0.2, 0.25) is 0 Å². The van der Waals surface area contributed by atoms with Crippen molar-refractivity contribution in [1.82, 2.24) is 15.5 Å². The van der Waals surface area contributed by atoms with E-state index in [0.717, 1.165) is 31.4 Å². The summed E-state index contributed by atoms with van der Waals surface area (Å²) in [6.07, 6.45) is 3.76. The van der Waals surface area contributed by atoms with Gasteiger partial charge in [-0.25, -0.2) is 0 Å². The van der Waals surface area contributed by atoms with Crippen LogP contribution in [0.25, 0.3) is 0 Å². The van der Waals surface area contributed by atoms with Gasteiger partial charge in [-0.2, -0.15) is 0 Å². The first kappa shape index (κ1) is 22.0. The van der Waals surface area contributed by atoms with E-state index in [0.29, 0.717) is 12.0 Å². The molecule has 0 radical (unpaired) electrons. The maximum Gasteiger partial charge on any atom is 0.191 e. The second-order valence-corrected chi connectivity index (χ2v) is 6.83. The summed E-state index contributed by atoms with van der Waals surface area (Å²) in [6, 6.07) is 0.478. The summed E-state index contributed by atoms with van der Waals surface area (Å²) in [7, 11) is 0. The van der Waals surface area contributed by atoms with Crippen LogP contribution in [-0.2, 0) is 0 Å². The summed E-state index contributed by atoms with van der Waals surface area (Å²) in [5, 5.41) is 6.83. The van der Waals surface area contributed by atoms with Crippen molar-refractivity contribution in [2.24, 2.45) is 16.8 Å². The molecule has 0 bridgehead atoms. The Morgan fingerprint density at radius 3 is 2.59 bits per heavy atom. The van der Waals surface area contributed by atoms with Gasteiger partial charge >= 0.3 is 0 Å². The highest BCUT2D eigenvalue weighted by atomic mass is 127. The van der Waals surface area contributed by atoms with Gasteiger partial charge < -0.3 is 15.5 Å². The van der Waals surface area contributed by atoms with Crippen molar-refractivity contribution in [2.45, 2.75) is 59.9 Å². The van der Waals surface area contributed by atoms with Crippen LogP contribution in [-0.4, -0.2) is 49.6 Å². The third-order valence-electron chi connectivity index (χ3n) is 4.07. The Labute approximate surface area is 154 Å². The molecular formula is C17H37IN4. The normalized spacial score (nSPS) is 21.4. The molecule has 0 aromatic rings. The van der Waals surface area contributed by atoms with Gasteiger partial charge in [0.1, 0.15) is 0 Å². The van der Waals surface area contributed by atoms with E-state index in [4.69, 9.17) is 4.99 Å². The fourth-order valence-electron chi connectivity index (χ4n) is 2.86. The van der Waals surface area contributed by atoms with Crippen LogP contribution in [0, 0.1) is 11.8 Å². The molecule has 2 N–H and O–H groups in total. The molecule has 0 aromatic heterocycles. The summed E-state index contributed by atoms with van der Waals surface area (Å²) in [6.45, 7) is 16.7. The molecule has 5 heteroatoms. The van der Waals surface area contributed by atoms with E-state index in [-0.39, 0.29) is 24.0 Å². The van der Waals surface area contributed by atoms with Gasteiger partial charge in [0.15, 0.2) is 5.96 Å². The van der Waals surface area contributed by atoms with Crippen molar-refractivity contribution in [2.75, 3.05) is 32.7 Å². The molecule has 0 aromatic carbocycles. The largest absolute Gasteiger partial charge is 0.357 e. The number of guanidine groups is 1. The Morgan fingerprint density at radius 1 is 1.27 bits per heavy atom. The third kappa shape index (κ3) is 9.18. The van der Waals surface area contributed by atoms with Crippen molar-refractivity contribution in [1.29, 1.82) is 0 Å². The summed E-state index contributed by atoms with van der Waals surface area (Å²) >= 11 is 0. The monoisotopic (exact) mass is 424 g/mol. The zero-order valence-electron chi connectivity index (χ0n) is 15.2. The predicted molar refractivity (Wildman–Crippen MR) is 108 cm³/mol. The van der Waals surface area contributed by atoms with Gasteiger partial charge in [0.05, 0.1) is 0 Å². The lowest BCUT2D eigenvalue weighted by Gasteiger charge is -2.33. The zero-order chi connectivity index (χ0) is 15.7. The van der Waals surface area contributed by atoms with E-state index in [1.807, 2.05) is 0 Å². The fourth-order valence-corrected chi connectivity index (χ4v) is 2.86. The second kappa shape index (κ2) is 12.4. The van der Waals surface area contributed by atoms with Gasteiger partial charge in [-0.15, -0.1) is 24.0 Å². The molecular weight excluding hydrogens is 387 g/mol. The van der Waals surface area contributed by atoms with Crippen molar-refractivity contribution >= 4 is 29.9 Å². The molecule has 1 saturated heterocycles. The molecule has 0 spiro atoms. The van der Waals surface area contributed by atoms with Crippen LogP contribution in [0.15, 0.2) is 4.99 Å². The van der Waals surface area contributed by atoms with Gasteiger partial charge in [-0.3, -0.25) is 4.99 Å². The predicted octanol–water partition coefficient (Wildman–Crippen LogP) is 3.33. The minimum atomic E-state index is 0. The van der Waals surface area contributed by atoms with E-state index in [1.54, 1.807) is 0 Å². The Balaban J connectivity index is 0.00000441. The van der Waals surface area contributed by atoms with Gasteiger partial charge in [0, 0.05) is 32.2 Å². The standard InChI is InChI=1S/C17H36N4.HI/c1-6-15(5)20-17(18-7-2)19-11-16-9-8-10-21(13-16)12-14(3)4;/h14-16H,6-13H2,1-5H3,(H2,18,19,20);1H. The molecule has 0 aliphatic carbocycles. The van der Waals surface area contributed by atoms with Gasteiger partial charge in [-0.1, -0.05) is 20.8 Å². The highest BCUT2D eigenvalue weighted by Crippen LogP contribution is 2.17. The first-order valence-electron chi connectivity index (χ1n) is 8.82. The highest BCUT2D eigenvalue weighted by Gasteiger charge is 2.20. The van der Waals surface area contributed by atoms with Crippen LogP contribution in [0.2, 0.25) is 0 Å². The number of likely N-dealkylation sites (tertiary alicyclic amines) is 1. The molecule has 1 aliphatic heterocycles. The molecule has 0 saturated carbocycles. The van der Waals surface area contributed by atoms with Crippen LogP contribution in [0.1, 0.15) is 53.9 Å². The molecule has 1 aliphatic rings. The Kier molecular flexibility index (Phi) is 12.4. The number of rotatable bonds is 7. The van der Waals surface area contributed by atoms with E-state index in [9.17, 15) is 0 Å². The first-order valence-corrected chi connectivity index (χ1v) is 8.82. The number of piperidine rings is 1. The van der Waals surface area contributed by atoms with Crippen LogP contribution < -0.4 is 10.6 Å². The molecule has 2 atom stereocenters. The Hall–Kier alpha value is -0.0400. The van der Waals surface area contributed by atoms with Crippen LogP contribution >= 0.6 is 24.0 Å². The summed E-state index contributed by atoms with van der Waals surface area (Å²) in [5.74, 6) is 2.45. The quantitative estimate of drug-likeness (QED) is 0.374. The lowest BCUT2D eigenvalue weighted by Crippen LogP contribution is -2.43. The maximum atomic E-state index is 4.81. The lowest BCUT2D eigenvalue weighted by atomic mass is 9.97. The first-order chi connectivity index (χ1) is 10.0. The van der Waals surface area contributed by atoms with E-state index >= 15 is 0 Å². The summed E-state index contributed by atoms with van der Waals surface area (Å²) in [4.78, 5) is 7.42. The lowest BCUT2D eigenvalue weighted by molar-refractivity contribution is 0.162. The number of hydrogen-bond donors (Lipinski definition) is 2. The number of nitrogens with one attached hydrogen (secondary N) is 2. The maximum absolute atomic E-state index is 4.81. The van der Waals surface area contributed by atoms with Crippen molar-refractivity contribution in [3.8, 4) is 0 Å². The fraction of sp³-hybridized carbons (Fsp3) is 0.941. The molecule has 0 amide bonds. The molecule has 132 valence electrons. The third-order valence-corrected chi connectivity index (χ3v) is 4.07. The number of nitrogens with zero attached hydrogens (tertiary/aromatic N) is 2. The van der Waals surface area contributed by atoms with Crippen LogP contribution in [0.5, 0.6) is 0 Å². The zero-order valence-corrected chi connectivity index (χ0v) is 17.5. The smallest absolute Gasteiger partial charge is 0.191 e. The SMILES string of the molecule is CCNC(=NCC1CCCN(CC(C)C)C1)NC(C)CC.I. The Morgan fingerprint density at radius 2 is 2.00 bits per heavy atom. The van der Waals surface area contributed by atoms with Gasteiger partial charge in [-0.05, 0) is 51.5 Å². The molecule has 22 heavy (non-hydrogen) atoms. The molecule has 4 nitrogen and oxygen atoms in total. The van der Waals surface area contributed by atoms with Crippen molar-refractivity contribution in [3.63, 3.8) is 0 Å². The minimum absolute atomic E-state index is 0. The summed E-state index contributed by atoms with van der Waals surface area (Å²) < 4.78 is 0.